The van der Waals surface area contributed by atoms with Gasteiger partial charge in [-0.05, 0) is 43.5 Å². The molecule has 6 heteroatoms. The van der Waals surface area contributed by atoms with E-state index < -0.39 is 11.4 Å². The van der Waals surface area contributed by atoms with Crippen LogP contribution in [0, 0.1) is 25.2 Å². The van der Waals surface area contributed by atoms with Crippen LogP contribution in [0.2, 0.25) is 0 Å². The number of aryl methyl sites for hydroxylation is 2. The standard InChI is InChI=1S/C19H22N2O4/c1-11-3-4-15-14(12(11)2)7-16(20-15)17(22)21-8-13-9-25-6-5-19(13,10-21)18(23)24/h3-4,7,13,20H,5-6,8-10H2,1-2H3,(H,23,24)/t13-,19+/m0/s1. The SMILES string of the molecule is Cc1ccc2[nH]c(C(=O)N3C[C@H]4COCC[C@@]4(C(=O)O)C3)cc2c1C. The number of carbonyl (C=O) groups excluding carboxylic acids is 1. The Labute approximate surface area is 145 Å². The van der Waals surface area contributed by atoms with Crippen LogP contribution < -0.4 is 0 Å². The molecule has 0 saturated carbocycles. The maximum absolute atomic E-state index is 13.0. The van der Waals surface area contributed by atoms with E-state index >= 15 is 0 Å². The molecule has 2 saturated heterocycles. The van der Waals surface area contributed by atoms with Gasteiger partial charge in [0, 0.05) is 36.5 Å². The predicted octanol–water partition coefficient (Wildman–Crippen LogP) is 2.35. The van der Waals surface area contributed by atoms with Crippen LogP contribution in [0.25, 0.3) is 10.9 Å². The number of aromatic nitrogens is 1. The first-order chi connectivity index (χ1) is 11.9. The highest BCUT2D eigenvalue weighted by molar-refractivity contribution is 5.99. The summed E-state index contributed by atoms with van der Waals surface area (Å²) < 4.78 is 5.46. The molecule has 6 nitrogen and oxygen atoms in total. The summed E-state index contributed by atoms with van der Waals surface area (Å²) in [6, 6.07) is 5.89. The van der Waals surface area contributed by atoms with Gasteiger partial charge < -0.3 is 19.7 Å². The highest BCUT2D eigenvalue weighted by Gasteiger charge is 2.55. The lowest BCUT2D eigenvalue weighted by molar-refractivity contribution is -0.157. The number of benzene rings is 1. The molecule has 4 rings (SSSR count). The fourth-order valence-corrected chi connectivity index (χ4v) is 4.20. The molecule has 2 aromatic rings. The molecule has 3 heterocycles. The van der Waals surface area contributed by atoms with Crippen molar-refractivity contribution < 1.29 is 19.4 Å². The van der Waals surface area contributed by atoms with Crippen molar-refractivity contribution in [1.29, 1.82) is 0 Å². The number of aliphatic carboxylic acids is 1. The number of hydrogen-bond acceptors (Lipinski definition) is 3. The van der Waals surface area contributed by atoms with Crippen LogP contribution in [0.15, 0.2) is 18.2 Å². The van der Waals surface area contributed by atoms with Crippen molar-refractivity contribution in [3.05, 3.63) is 35.0 Å². The number of carboxylic acids is 1. The third-order valence-corrected chi connectivity index (χ3v) is 5.99. The van der Waals surface area contributed by atoms with Gasteiger partial charge in [0.1, 0.15) is 5.69 Å². The lowest BCUT2D eigenvalue weighted by atomic mass is 9.74. The largest absolute Gasteiger partial charge is 0.481 e. The molecule has 25 heavy (non-hydrogen) atoms. The normalized spacial score (nSPS) is 26.0. The van der Waals surface area contributed by atoms with Crippen molar-refractivity contribution >= 4 is 22.8 Å². The third kappa shape index (κ3) is 2.35. The monoisotopic (exact) mass is 342 g/mol. The van der Waals surface area contributed by atoms with Crippen LogP contribution in [0.5, 0.6) is 0 Å². The number of amides is 1. The summed E-state index contributed by atoms with van der Waals surface area (Å²) in [6.07, 6.45) is 0.460. The zero-order valence-corrected chi connectivity index (χ0v) is 14.5. The number of carboxylic acid groups (broad SMARTS) is 1. The third-order valence-electron chi connectivity index (χ3n) is 5.99. The molecule has 1 aromatic carbocycles. The van der Waals surface area contributed by atoms with Crippen molar-refractivity contribution in [2.24, 2.45) is 11.3 Å². The Morgan fingerprint density at radius 2 is 2.16 bits per heavy atom. The van der Waals surface area contributed by atoms with Gasteiger partial charge in [0.2, 0.25) is 0 Å². The molecule has 1 amide bonds. The minimum Gasteiger partial charge on any atom is -0.481 e. The van der Waals surface area contributed by atoms with Gasteiger partial charge in [-0.2, -0.15) is 0 Å². The predicted molar refractivity (Wildman–Crippen MR) is 92.7 cm³/mol. The number of rotatable bonds is 2. The summed E-state index contributed by atoms with van der Waals surface area (Å²) in [4.78, 5) is 29.7. The highest BCUT2D eigenvalue weighted by Crippen LogP contribution is 2.43. The van der Waals surface area contributed by atoms with Crippen molar-refractivity contribution in [2.75, 3.05) is 26.3 Å². The Morgan fingerprint density at radius 1 is 1.36 bits per heavy atom. The summed E-state index contributed by atoms with van der Waals surface area (Å²) in [6.45, 7) is 5.61. The first-order valence-corrected chi connectivity index (χ1v) is 8.62. The number of hydrogen-bond donors (Lipinski definition) is 2. The molecule has 0 radical (unpaired) electrons. The number of ether oxygens (including phenoxy) is 1. The van der Waals surface area contributed by atoms with Gasteiger partial charge in [0.05, 0.1) is 12.0 Å². The van der Waals surface area contributed by atoms with Gasteiger partial charge in [-0.15, -0.1) is 0 Å². The topological polar surface area (TPSA) is 82.6 Å². The van der Waals surface area contributed by atoms with Gasteiger partial charge in [-0.1, -0.05) is 6.07 Å². The Morgan fingerprint density at radius 3 is 2.88 bits per heavy atom. The molecule has 2 N–H and O–H groups in total. The lowest BCUT2D eigenvalue weighted by Gasteiger charge is -2.33. The second-order valence-electron chi connectivity index (χ2n) is 7.32. The molecule has 2 aliphatic rings. The molecular weight excluding hydrogens is 320 g/mol. The minimum atomic E-state index is -0.869. The zero-order valence-electron chi connectivity index (χ0n) is 14.5. The number of carbonyl (C=O) groups is 2. The molecule has 0 spiro atoms. The highest BCUT2D eigenvalue weighted by atomic mass is 16.5. The molecule has 2 fully saturated rings. The zero-order chi connectivity index (χ0) is 17.8. The summed E-state index contributed by atoms with van der Waals surface area (Å²) in [7, 11) is 0. The van der Waals surface area contributed by atoms with E-state index in [-0.39, 0.29) is 18.4 Å². The summed E-state index contributed by atoms with van der Waals surface area (Å²) >= 11 is 0. The average Bonchev–Trinajstić information content (AvgIpc) is 3.20. The van der Waals surface area contributed by atoms with E-state index in [9.17, 15) is 14.7 Å². The van der Waals surface area contributed by atoms with Crippen LogP contribution >= 0.6 is 0 Å². The van der Waals surface area contributed by atoms with E-state index in [0.717, 1.165) is 16.5 Å². The quantitative estimate of drug-likeness (QED) is 0.878. The molecule has 0 unspecified atom stereocenters. The minimum absolute atomic E-state index is 0.136. The Hall–Kier alpha value is -2.34. The maximum atomic E-state index is 13.0. The molecule has 1 aromatic heterocycles. The summed E-state index contributed by atoms with van der Waals surface area (Å²) in [5.74, 6) is -1.10. The number of H-pyrrole nitrogens is 1. The van der Waals surface area contributed by atoms with E-state index in [1.807, 2.05) is 32.0 Å². The van der Waals surface area contributed by atoms with Crippen LogP contribution in [-0.2, 0) is 9.53 Å². The van der Waals surface area contributed by atoms with Crippen molar-refractivity contribution in [3.8, 4) is 0 Å². The Bertz CT molecular complexity index is 872. The molecule has 0 aliphatic carbocycles. The van der Waals surface area contributed by atoms with Gasteiger partial charge in [0.15, 0.2) is 0 Å². The van der Waals surface area contributed by atoms with E-state index in [4.69, 9.17) is 4.74 Å². The number of likely N-dealkylation sites (tertiary alicyclic amines) is 1. The van der Waals surface area contributed by atoms with Crippen molar-refractivity contribution in [3.63, 3.8) is 0 Å². The van der Waals surface area contributed by atoms with Crippen LogP contribution in [0.3, 0.4) is 0 Å². The van der Waals surface area contributed by atoms with Gasteiger partial charge >= 0.3 is 5.97 Å². The second-order valence-corrected chi connectivity index (χ2v) is 7.32. The smallest absolute Gasteiger partial charge is 0.311 e. The number of fused-ring (bicyclic) bond motifs is 2. The Kier molecular flexibility index (Phi) is 3.61. The van der Waals surface area contributed by atoms with E-state index in [2.05, 4.69) is 4.98 Å². The Balaban J connectivity index is 1.66. The van der Waals surface area contributed by atoms with Crippen molar-refractivity contribution in [1.82, 2.24) is 9.88 Å². The van der Waals surface area contributed by atoms with Crippen LogP contribution in [0.4, 0.5) is 0 Å². The molecule has 2 atom stereocenters. The van der Waals surface area contributed by atoms with Crippen LogP contribution in [-0.4, -0.2) is 53.2 Å². The first kappa shape index (κ1) is 16.1. The fraction of sp³-hybridized carbons (Fsp3) is 0.474. The molecular formula is C19H22N2O4. The van der Waals surface area contributed by atoms with Gasteiger partial charge in [-0.25, -0.2) is 0 Å². The average molecular weight is 342 g/mol. The first-order valence-electron chi connectivity index (χ1n) is 8.62. The summed E-state index contributed by atoms with van der Waals surface area (Å²) in [5, 5.41) is 10.8. The van der Waals surface area contributed by atoms with Crippen molar-refractivity contribution in [2.45, 2.75) is 20.3 Å². The maximum Gasteiger partial charge on any atom is 0.311 e. The van der Waals surface area contributed by atoms with Gasteiger partial charge in [-0.3, -0.25) is 9.59 Å². The number of aromatic amines is 1. The number of nitrogens with zero attached hydrogens (tertiary/aromatic N) is 1. The van der Waals surface area contributed by atoms with Crippen LogP contribution in [0.1, 0.15) is 28.0 Å². The molecule has 0 bridgehead atoms. The number of nitrogens with one attached hydrogen (secondary N) is 1. The lowest BCUT2D eigenvalue weighted by Crippen LogP contribution is -2.45. The summed E-state index contributed by atoms with van der Waals surface area (Å²) in [5.41, 5.74) is 2.91. The van der Waals surface area contributed by atoms with E-state index in [1.165, 1.54) is 5.56 Å². The van der Waals surface area contributed by atoms with E-state index in [1.54, 1.807) is 4.90 Å². The molecule has 2 aliphatic heterocycles. The molecule has 132 valence electrons. The van der Waals surface area contributed by atoms with E-state index in [0.29, 0.717) is 31.9 Å². The fourth-order valence-electron chi connectivity index (χ4n) is 4.20. The van der Waals surface area contributed by atoms with Gasteiger partial charge in [0.25, 0.3) is 5.91 Å². The second kappa shape index (κ2) is 5.59.